The van der Waals surface area contributed by atoms with Gasteiger partial charge in [-0.3, -0.25) is 0 Å². The van der Waals surface area contributed by atoms with Crippen LogP contribution in [0, 0.1) is 0 Å². The summed E-state index contributed by atoms with van der Waals surface area (Å²) in [6.07, 6.45) is 0.995. The number of rotatable bonds is 3. The molecule has 2 aromatic rings. The third kappa shape index (κ3) is 2.34. The summed E-state index contributed by atoms with van der Waals surface area (Å²) in [6.45, 7) is 0. The van der Waals surface area contributed by atoms with E-state index in [1.54, 1.807) is 0 Å². The zero-order chi connectivity index (χ0) is 13.2. The predicted molar refractivity (Wildman–Crippen MR) is 77.8 cm³/mol. The molecule has 0 amide bonds. The van der Waals surface area contributed by atoms with Crippen molar-refractivity contribution in [2.45, 2.75) is 18.6 Å². The number of likely N-dealkylation sites (N-methyl/N-ethyl adjacent to an activating group) is 1. The number of nitrogens with one attached hydrogen (secondary N) is 1. The lowest BCUT2D eigenvalue weighted by atomic mass is 10.1. The van der Waals surface area contributed by atoms with Crippen molar-refractivity contribution in [3.05, 3.63) is 64.7 Å². The Morgan fingerprint density at radius 3 is 2.63 bits per heavy atom. The molecule has 0 aliphatic heterocycles. The zero-order valence-electron chi connectivity index (χ0n) is 10.8. The molecule has 0 saturated carbocycles. The van der Waals surface area contributed by atoms with Crippen molar-refractivity contribution in [2.24, 2.45) is 0 Å². The van der Waals surface area contributed by atoms with Crippen LogP contribution in [0.2, 0.25) is 5.02 Å². The quantitative estimate of drug-likeness (QED) is 0.923. The van der Waals surface area contributed by atoms with Crippen LogP contribution >= 0.6 is 11.6 Å². The number of hydrogen-bond donors (Lipinski definition) is 1. The maximum absolute atomic E-state index is 6.16. The number of ether oxygens (including phenoxy) is 1. The van der Waals surface area contributed by atoms with Crippen LogP contribution in [0.5, 0.6) is 5.75 Å². The monoisotopic (exact) mass is 273 g/mol. The molecule has 1 aliphatic carbocycles. The Morgan fingerprint density at radius 2 is 1.84 bits per heavy atom. The summed E-state index contributed by atoms with van der Waals surface area (Å²) in [5.41, 5.74) is 2.67. The van der Waals surface area contributed by atoms with E-state index in [0.717, 1.165) is 12.2 Å². The van der Waals surface area contributed by atoms with Crippen LogP contribution in [-0.2, 0) is 6.42 Å². The molecule has 0 saturated heterocycles. The lowest BCUT2D eigenvalue weighted by Crippen LogP contribution is -2.30. The van der Waals surface area contributed by atoms with E-state index in [1.165, 1.54) is 11.1 Å². The van der Waals surface area contributed by atoms with E-state index in [1.807, 2.05) is 31.3 Å². The van der Waals surface area contributed by atoms with Gasteiger partial charge in [-0.2, -0.15) is 0 Å². The fourth-order valence-corrected chi connectivity index (χ4v) is 2.89. The van der Waals surface area contributed by atoms with E-state index in [4.69, 9.17) is 16.3 Å². The van der Waals surface area contributed by atoms with Crippen LogP contribution in [0.3, 0.4) is 0 Å². The third-order valence-electron chi connectivity index (χ3n) is 3.61. The van der Waals surface area contributed by atoms with Crippen molar-refractivity contribution >= 4 is 11.6 Å². The summed E-state index contributed by atoms with van der Waals surface area (Å²) in [7, 11) is 1.97. The fraction of sp³-hybridized carbons (Fsp3) is 0.250. The molecule has 0 aromatic heterocycles. The first kappa shape index (κ1) is 12.5. The van der Waals surface area contributed by atoms with Crippen LogP contribution in [0.1, 0.15) is 17.2 Å². The number of benzene rings is 2. The molecule has 0 radical (unpaired) electrons. The van der Waals surface area contributed by atoms with Crippen LogP contribution in [0.25, 0.3) is 0 Å². The lowest BCUT2D eigenvalue weighted by Gasteiger charge is -2.22. The van der Waals surface area contributed by atoms with Crippen molar-refractivity contribution in [2.75, 3.05) is 7.05 Å². The Balaban J connectivity index is 1.86. The molecule has 2 nitrogen and oxygen atoms in total. The molecule has 3 heteroatoms. The Morgan fingerprint density at radius 1 is 1.11 bits per heavy atom. The van der Waals surface area contributed by atoms with Crippen molar-refractivity contribution in [3.8, 4) is 5.75 Å². The van der Waals surface area contributed by atoms with Gasteiger partial charge in [0.05, 0.1) is 11.1 Å². The van der Waals surface area contributed by atoms with Gasteiger partial charge in [0, 0.05) is 6.42 Å². The van der Waals surface area contributed by atoms with Crippen LogP contribution < -0.4 is 10.1 Å². The summed E-state index contributed by atoms with van der Waals surface area (Å²) < 4.78 is 6.10. The molecule has 98 valence electrons. The van der Waals surface area contributed by atoms with Crippen LogP contribution in [-0.4, -0.2) is 13.2 Å². The molecule has 1 aliphatic rings. The molecule has 0 heterocycles. The van der Waals surface area contributed by atoms with Gasteiger partial charge in [-0.15, -0.1) is 0 Å². The van der Waals surface area contributed by atoms with Crippen molar-refractivity contribution < 1.29 is 4.74 Å². The normalized spacial score (nSPS) is 21.2. The molecule has 2 aromatic carbocycles. The van der Waals surface area contributed by atoms with Gasteiger partial charge >= 0.3 is 0 Å². The molecule has 0 fully saturated rings. The molecule has 3 rings (SSSR count). The van der Waals surface area contributed by atoms with E-state index in [0.29, 0.717) is 5.02 Å². The second kappa shape index (κ2) is 5.24. The van der Waals surface area contributed by atoms with E-state index in [9.17, 15) is 0 Å². The first-order valence-electron chi connectivity index (χ1n) is 6.46. The zero-order valence-corrected chi connectivity index (χ0v) is 11.5. The molecular formula is C16H16ClNO. The maximum atomic E-state index is 6.16. The minimum atomic E-state index is 0.0855. The minimum absolute atomic E-state index is 0.0855. The Hall–Kier alpha value is -1.51. The highest BCUT2D eigenvalue weighted by Crippen LogP contribution is 2.35. The fourth-order valence-electron chi connectivity index (χ4n) is 2.71. The highest BCUT2D eigenvalue weighted by molar-refractivity contribution is 6.32. The van der Waals surface area contributed by atoms with Gasteiger partial charge in [0.1, 0.15) is 11.9 Å². The third-order valence-corrected chi connectivity index (χ3v) is 3.92. The van der Waals surface area contributed by atoms with Crippen molar-refractivity contribution in [1.82, 2.24) is 5.32 Å². The molecular weight excluding hydrogens is 258 g/mol. The Bertz CT molecular complexity index is 584. The number of hydrogen-bond acceptors (Lipinski definition) is 2. The second-order valence-corrected chi connectivity index (χ2v) is 5.16. The van der Waals surface area contributed by atoms with Gasteiger partial charge in [0.25, 0.3) is 0 Å². The largest absolute Gasteiger partial charge is 0.487 e. The Labute approximate surface area is 118 Å². The predicted octanol–water partition coefficient (Wildman–Crippen LogP) is 3.60. The van der Waals surface area contributed by atoms with Gasteiger partial charge in [-0.25, -0.2) is 0 Å². The Kier molecular flexibility index (Phi) is 3.45. The van der Waals surface area contributed by atoms with Gasteiger partial charge in [0.15, 0.2) is 0 Å². The first-order valence-corrected chi connectivity index (χ1v) is 6.83. The first-order chi connectivity index (χ1) is 9.29. The summed E-state index contributed by atoms with van der Waals surface area (Å²) in [6, 6.07) is 16.3. The molecule has 1 N–H and O–H groups in total. The van der Waals surface area contributed by atoms with Gasteiger partial charge in [-0.05, 0) is 30.3 Å². The highest BCUT2D eigenvalue weighted by Gasteiger charge is 2.32. The molecule has 0 spiro atoms. The summed E-state index contributed by atoms with van der Waals surface area (Å²) in [5, 5.41) is 4.00. The molecule has 0 bridgehead atoms. The standard InChI is InChI=1S/C16H16ClNO/c1-18-16-12-7-3-2-6-11(12)10-15(16)19-14-9-5-4-8-13(14)17/h2-9,15-16,18H,10H2,1H3. The summed E-state index contributed by atoms with van der Waals surface area (Å²) in [5.74, 6) is 0.752. The van der Waals surface area contributed by atoms with Gasteiger partial charge in [0.2, 0.25) is 0 Å². The smallest absolute Gasteiger partial charge is 0.138 e. The number of para-hydroxylation sites is 1. The second-order valence-electron chi connectivity index (χ2n) is 4.76. The van der Waals surface area contributed by atoms with E-state index in [-0.39, 0.29) is 12.1 Å². The maximum Gasteiger partial charge on any atom is 0.138 e. The van der Waals surface area contributed by atoms with E-state index < -0.39 is 0 Å². The van der Waals surface area contributed by atoms with E-state index in [2.05, 4.69) is 29.6 Å². The van der Waals surface area contributed by atoms with Crippen molar-refractivity contribution in [3.63, 3.8) is 0 Å². The summed E-state index contributed by atoms with van der Waals surface area (Å²) >= 11 is 6.16. The highest BCUT2D eigenvalue weighted by atomic mass is 35.5. The van der Waals surface area contributed by atoms with E-state index >= 15 is 0 Å². The van der Waals surface area contributed by atoms with Crippen molar-refractivity contribution in [1.29, 1.82) is 0 Å². The average Bonchev–Trinajstić information content (AvgIpc) is 2.78. The van der Waals surface area contributed by atoms with Crippen LogP contribution in [0.15, 0.2) is 48.5 Å². The van der Waals surface area contributed by atoms with Gasteiger partial charge < -0.3 is 10.1 Å². The topological polar surface area (TPSA) is 21.3 Å². The SMILES string of the molecule is CNC1c2ccccc2CC1Oc1ccccc1Cl. The van der Waals surface area contributed by atoms with Gasteiger partial charge in [-0.1, -0.05) is 48.0 Å². The van der Waals surface area contributed by atoms with Crippen LogP contribution in [0.4, 0.5) is 0 Å². The molecule has 2 unspecified atom stereocenters. The average molecular weight is 274 g/mol. The number of halogens is 1. The summed E-state index contributed by atoms with van der Waals surface area (Å²) in [4.78, 5) is 0. The minimum Gasteiger partial charge on any atom is -0.487 e. The molecule has 2 atom stereocenters. The number of fused-ring (bicyclic) bond motifs is 1. The molecule has 19 heavy (non-hydrogen) atoms. The lowest BCUT2D eigenvalue weighted by molar-refractivity contribution is 0.171.